The number of sulfonamides is 1. The zero-order valence-corrected chi connectivity index (χ0v) is 16.7. The third-order valence-electron chi connectivity index (χ3n) is 4.43. The van der Waals surface area contributed by atoms with E-state index in [9.17, 15) is 13.2 Å². The van der Waals surface area contributed by atoms with E-state index in [1.54, 1.807) is 30.5 Å². The lowest BCUT2D eigenvalue weighted by Crippen LogP contribution is -2.41. The molecule has 1 amide bonds. The molecule has 1 N–H and O–H groups in total. The molecule has 0 atom stereocenters. The van der Waals surface area contributed by atoms with Crippen LogP contribution in [0.25, 0.3) is 0 Å². The maximum absolute atomic E-state index is 12.8. The summed E-state index contributed by atoms with van der Waals surface area (Å²) in [6.45, 7) is 0.460. The Labute approximate surface area is 166 Å². The Kier molecular flexibility index (Phi) is 5.89. The molecule has 1 aromatic carbocycles. The summed E-state index contributed by atoms with van der Waals surface area (Å²) >= 11 is 3.29. The number of halogens is 1. The van der Waals surface area contributed by atoms with E-state index in [0.29, 0.717) is 18.7 Å². The van der Waals surface area contributed by atoms with E-state index >= 15 is 0 Å². The number of pyridine rings is 1. The van der Waals surface area contributed by atoms with Crippen LogP contribution in [-0.4, -0.2) is 36.7 Å². The second-order valence-corrected chi connectivity index (χ2v) is 8.96. The number of hydrogen-bond donors (Lipinski definition) is 1. The second kappa shape index (κ2) is 8.17. The van der Waals surface area contributed by atoms with E-state index in [2.05, 4.69) is 26.2 Å². The van der Waals surface area contributed by atoms with Crippen LogP contribution in [0.4, 0.5) is 5.82 Å². The highest BCUT2D eigenvalue weighted by Crippen LogP contribution is 2.26. The monoisotopic (exact) mass is 448 g/mol. The number of aromatic nitrogens is 1. The van der Waals surface area contributed by atoms with E-state index in [1.807, 2.05) is 6.07 Å². The van der Waals surface area contributed by atoms with Crippen molar-refractivity contribution in [2.45, 2.75) is 17.7 Å². The highest BCUT2D eigenvalue weighted by Gasteiger charge is 2.33. The van der Waals surface area contributed by atoms with E-state index in [-0.39, 0.29) is 35.4 Å². The molecule has 2 aromatic rings. The molecule has 1 fully saturated rings. The number of nitrogens with one attached hydrogen (secondary N) is 1. The summed E-state index contributed by atoms with van der Waals surface area (Å²) in [6, 6.07) is 11.5. The minimum Gasteiger partial charge on any atom is -0.310 e. The maximum Gasteiger partial charge on any atom is 0.244 e. The fourth-order valence-electron chi connectivity index (χ4n) is 2.96. The average Bonchev–Trinajstić information content (AvgIpc) is 2.69. The molecule has 0 radical (unpaired) electrons. The minimum absolute atomic E-state index is 0.00876. The number of anilines is 1. The quantitative estimate of drug-likeness (QED) is 0.773. The van der Waals surface area contributed by atoms with Crippen LogP contribution in [0.3, 0.4) is 0 Å². The van der Waals surface area contributed by atoms with Gasteiger partial charge in [-0.15, -0.1) is 0 Å². The van der Waals surface area contributed by atoms with Gasteiger partial charge in [0.05, 0.1) is 10.5 Å². The number of carbonyl (C=O) groups excluding carboxylic acids is 1. The van der Waals surface area contributed by atoms with Gasteiger partial charge in [-0.05, 0) is 53.0 Å². The standard InChI is InChI=1S/C18H17BrN4O3S/c19-15-5-6-17(21-12-15)22-18(24)13-7-9-23(10-8-13)27(25,26)16-4-2-1-3-14(16)11-20/h1-6,12-13H,7-10H2,(H,21,22,24). The molecule has 27 heavy (non-hydrogen) atoms. The number of benzene rings is 1. The molecular formula is C18H17BrN4O3S. The first-order chi connectivity index (χ1) is 12.9. The summed E-state index contributed by atoms with van der Waals surface area (Å²) in [7, 11) is -3.76. The Morgan fingerprint density at radius 3 is 2.56 bits per heavy atom. The van der Waals surface area contributed by atoms with Crippen LogP contribution in [0.5, 0.6) is 0 Å². The second-order valence-electron chi connectivity index (χ2n) is 6.14. The number of hydrogen-bond acceptors (Lipinski definition) is 5. The molecule has 1 aliphatic heterocycles. The lowest BCUT2D eigenvalue weighted by atomic mass is 9.97. The van der Waals surface area contributed by atoms with Crippen LogP contribution in [0.1, 0.15) is 18.4 Å². The summed E-state index contributed by atoms with van der Waals surface area (Å²) in [5.74, 6) is 0.00796. The van der Waals surface area contributed by atoms with Crippen LogP contribution >= 0.6 is 15.9 Å². The molecule has 140 valence electrons. The Balaban J connectivity index is 1.65. The number of carbonyl (C=O) groups is 1. The number of rotatable bonds is 4. The van der Waals surface area contributed by atoms with Gasteiger partial charge in [0, 0.05) is 29.7 Å². The van der Waals surface area contributed by atoms with Crippen molar-refractivity contribution in [3.8, 4) is 6.07 Å². The largest absolute Gasteiger partial charge is 0.310 e. The summed E-state index contributed by atoms with van der Waals surface area (Å²) in [6.07, 6.45) is 2.42. The normalized spacial score (nSPS) is 15.9. The number of nitrogens with zero attached hydrogens (tertiary/aromatic N) is 3. The van der Waals surface area contributed by atoms with Gasteiger partial charge in [0.2, 0.25) is 15.9 Å². The van der Waals surface area contributed by atoms with E-state index in [4.69, 9.17) is 5.26 Å². The van der Waals surface area contributed by atoms with Gasteiger partial charge in [-0.3, -0.25) is 4.79 Å². The van der Waals surface area contributed by atoms with Crippen molar-refractivity contribution < 1.29 is 13.2 Å². The number of amides is 1. The predicted molar refractivity (Wildman–Crippen MR) is 103 cm³/mol. The zero-order chi connectivity index (χ0) is 19.4. The van der Waals surface area contributed by atoms with Gasteiger partial charge in [0.25, 0.3) is 0 Å². The van der Waals surface area contributed by atoms with Crippen molar-refractivity contribution >= 4 is 37.7 Å². The van der Waals surface area contributed by atoms with Crippen LogP contribution in [0.2, 0.25) is 0 Å². The Hall–Kier alpha value is -2.28. The van der Waals surface area contributed by atoms with Gasteiger partial charge in [0.15, 0.2) is 0 Å². The summed E-state index contributed by atoms with van der Waals surface area (Å²) in [5, 5.41) is 11.9. The van der Waals surface area contributed by atoms with Gasteiger partial charge < -0.3 is 5.32 Å². The van der Waals surface area contributed by atoms with Crippen molar-refractivity contribution in [1.82, 2.24) is 9.29 Å². The molecule has 7 nitrogen and oxygen atoms in total. The maximum atomic E-state index is 12.8. The highest BCUT2D eigenvalue weighted by atomic mass is 79.9. The summed E-state index contributed by atoms with van der Waals surface area (Å²) < 4.78 is 27.8. The van der Waals surface area contributed by atoms with Gasteiger partial charge in [0.1, 0.15) is 11.9 Å². The number of nitriles is 1. The fourth-order valence-corrected chi connectivity index (χ4v) is 4.81. The summed E-state index contributed by atoms with van der Waals surface area (Å²) in [4.78, 5) is 16.5. The molecule has 1 aromatic heterocycles. The average molecular weight is 449 g/mol. The first kappa shape index (κ1) is 19.5. The first-order valence-corrected chi connectivity index (χ1v) is 10.6. The highest BCUT2D eigenvalue weighted by molar-refractivity contribution is 9.10. The molecule has 1 saturated heterocycles. The molecule has 0 spiro atoms. The smallest absolute Gasteiger partial charge is 0.244 e. The zero-order valence-electron chi connectivity index (χ0n) is 14.3. The van der Waals surface area contributed by atoms with Crippen molar-refractivity contribution in [3.05, 3.63) is 52.6 Å². The Morgan fingerprint density at radius 2 is 1.93 bits per heavy atom. The van der Waals surface area contributed by atoms with Crippen LogP contribution < -0.4 is 5.32 Å². The third-order valence-corrected chi connectivity index (χ3v) is 6.85. The van der Waals surface area contributed by atoms with Crippen LogP contribution in [0, 0.1) is 17.2 Å². The van der Waals surface area contributed by atoms with Crippen LogP contribution in [-0.2, 0) is 14.8 Å². The lowest BCUT2D eigenvalue weighted by Gasteiger charge is -2.30. The van der Waals surface area contributed by atoms with Crippen molar-refractivity contribution in [2.24, 2.45) is 5.92 Å². The van der Waals surface area contributed by atoms with Crippen molar-refractivity contribution in [3.63, 3.8) is 0 Å². The third kappa shape index (κ3) is 4.35. The topological polar surface area (TPSA) is 103 Å². The lowest BCUT2D eigenvalue weighted by molar-refractivity contribution is -0.120. The SMILES string of the molecule is N#Cc1ccccc1S(=O)(=O)N1CCC(C(=O)Nc2ccc(Br)cn2)CC1. The Bertz CT molecular complexity index is 978. The first-order valence-electron chi connectivity index (χ1n) is 8.33. The molecule has 9 heteroatoms. The van der Waals surface area contributed by atoms with Gasteiger partial charge in [-0.1, -0.05) is 12.1 Å². The molecule has 0 unspecified atom stereocenters. The van der Waals surface area contributed by atoms with Crippen LogP contribution in [0.15, 0.2) is 52.0 Å². The van der Waals surface area contributed by atoms with Crippen molar-refractivity contribution in [2.75, 3.05) is 18.4 Å². The minimum atomic E-state index is -3.76. The Morgan fingerprint density at radius 1 is 1.22 bits per heavy atom. The fraction of sp³-hybridized carbons (Fsp3) is 0.278. The van der Waals surface area contributed by atoms with Gasteiger partial charge >= 0.3 is 0 Å². The molecular weight excluding hydrogens is 432 g/mol. The van der Waals surface area contributed by atoms with Gasteiger partial charge in [-0.25, -0.2) is 13.4 Å². The molecule has 0 aliphatic carbocycles. The molecule has 3 rings (SSSR count). The molecule has 2 heterocycles. The van der Waals surface area contributed by atoms with E-state index in [0.717, 1.165) is 4.47 Å². The van der Waals surface area contributed by atoms with Gasteiger partial charge in [-0.2, -0.15) is 9.57 Å². The molecule has 0 bridgehead atoms. The summed E-state index contributed by atoms with van der Waals surface area (Å²) in [5.41, 5.74) is 0.124. The number of piperidine rings is 1. The molecule has 0 saturated carbocycles. The van der Waals surface area contributed by atoms with E-state index in [1.165, 1.54) is 16.4 Å². The predicted octanol–water partition coefficient (Wildman–Crippen LogP) is 2.76. The van der Waals surface area contributed by atoms with E-state index < -0.39 is 10.0 Å². The molecule has 1 aliphatic rings. The van der Waals surface area contributed by atoms with Crippen molar-refractivity contribution in [1.29, 1.82) is 5.26 Å².